The van der Waals surface area contributed by atoms with Crippen LogP contribution in [0.25, 0.3) is 16.8 Å². The zero-order chi connectivity index (χ0) is 20.2. The van der Waals surface area contributed by atoms with Gasteiger partial charge in [0.15, 0.2) is 11.3 Å². The Hall–Kier alpha value is -2.55. The van der Waals surface area contributed by atoms with Crippen LogP contribution in [0, 0.1) is 23.2 Å². The minimum atomic E-state index is -3.57. The summed E-state index contributed by atoms with van der Waals surface area (Å²) in [4.78, 5) is 7.47. The summed E-state index contributed by atoms with van der Waals surface area (Å²) >= 11 is 0. The van der Waals surface area contributed by atoms with Crippen molar-refractivity contribution >= 4 is 27.0 Å². The van der Waals surface area contributed by atoms with Crippen LogP contribution in [-0.2, 0) is 10.2 Å². The largest absolute Gasteiger partial charge is 0.345 e. The molecule has 0 amide bonds. The molecule has 1 saturated carbocycles. The average molecular weight is 414 g/mol. The summed E-state index contributed by atoms with van der Waals surface area (Å²) in [5.74, 6) is 1.06. The van der Waals surface area contributed by atoms with Gasteiger partial charge in [-0.1, -0.05) is 13.3 Å². The van der Waals surface area contributed by atoms with Crippen LogP contribution in [0.5, 0.6) is 0 Å². The molecule has 3 aromatic rings. The van der Waals surface area contributed by atoms with Gasteiger partial charge >= 0.3 is 0 Å². The first-order valence-electron chi connectivity index (χ1n) is 9.84. The van der Waals surface area contributed by atoms with E-state index in [1.165, 1.54) is 4.31 Å². The van der Waals surface area contributed by atoms with Crippen molar-refractivity contribution in [2.24, 2.45) is 11.8 Å². The van der Waals surface area contributed by atoms with E-state index in [1.807, 2.05) is 16.7 Å². The molecule has 4 heterocycles. The molecule has 0 spiro atoms. The van der Waals surface area contributed by atoms with Gasteiger partial charge in [0.2, 0.25) is 0 Å². The highest BCUT2D eigenvalue weighted by atomic mass is 32.2. The Morgan fingerprint density at radius 1 is 1.34 bits per heavy atom. The predicted molar refractivity (Wildman–Crippen MR) is 105 cm³/mol. The van der Waals surface area contributed by atoms with Crippen molar-refractivity contribution in [1.82, 2.24) is 33.6 Å². The first-order valence-corrected chi connectivity index (χ1v) is 11.3. The lowest BCUT2D eigenvalue weighted by Crippen LogP contribution is -2.55. The summed E-state index contributed by atoms with van der Waals surface area (Å²) in [7, 11) is -3.57. The summed E-state index contributed by atoms with van der Waals surface area (Å²) in [6.45, 7) is 2.66. The number of rotatable bonds is 5. The molecule has 3 atom stereocenters. The molecule has 2 N–H and O–H groups in total. The van der Waals surface area contributed by atoms with Crippen LogP contribution >= 0.6 is 0 Å². The number of hydrogen-bond donors (Lipinski definition) is 2. The normalized spacial score (nSPS) is 26.1. The third kappa shape index (κ3) is 2.99. The lowest BCUT2D eigenvalue weighted by Gasteiger charge is -2.34. The molecular formula is C18H22N8O2S. The first-order chi connectivity index (χ1) is 14.0. The molecule has 5 rings (SSSR count). The minimum Gasteiger partial charge on any atom is -0.345 e. The van der Waals surface area contributed by atoms with Crippen LogP contribution in [0.4, 0.5) is 0 Å². The molecule has 2 unspecified atom stereocenters. The number of hydrogen-bond acceptors (Lipinski definition) is 6. The molecule has 0 aromatic carbocycles. The Morgan fingerprint density at radius 3 is 2.93 bits per heavy atom. The van der Waals surface area contributed by atoms with E-state index in [2.05, 4.69) is 37.9 Å². The Morgan fingerprint density at radius 2 is 2.17 bits per heavy atom. The van der Waals surface area contributed by atoms with Crippen LogP contribution in [0.2, 0.25) is 0 Å². The van der Waals surface area contributed by atoms with Gasteiger partial charge in [0, 0.05) is 31.2 Å². The zero-order valence-electron chi connectivity index (χ0n) is 16.0. The Labute approximate surface area is 168 Å². The van der Waals surface area contributed by atoms with Gasteiger partial charge < -0.3 is 4.98 Å². The highest BCUT2D eigenvalue weighted by Crippen LogP contribution is 2.41. The highest BCUT2D eigenvalue weighted by molar-refractivity contribution is 7.87. The number of aromatic amines is 1. The van der Waals surface area contributed by atoms with E-state index in [0.717, 1.165) is 29.8 Å². The van der Waals surface area contributed by atoms with Gasteiger partial charge in [0.1, 0.15) is 5.82 Å². The summed E-state index contributed by atoms with van der Waals surface area (Å²) in [6, 6.07) is 3.90. The lowest BCUT2D eigenvalue weighted by atomic mass is 9.93. The van der Waals surface area contributed by atoms with Crippen molar-refractivity contribution in [3.05, 3.63) is 24.3 Å². The van der Waals surface area contributed by atoms with E-state index in [1.54, 1.807) is 6.20 Å². The van der Waals surface area contributed by atoms with Crippen LogP contribution in [0.15, 0.2) is 18.5 Å². The fourth-order valence-electron chi connectivity index (χ4n) is 4.63. The molecule has 10 nitrogen and oxygen atoms in total. The Kier molecular flexibility index (Phi) is 4.31. The van der Waals surface area contributed by atoms with Crippen molar-refractivity contribution in [2.75, 3.05) is 13.1 Å². The minimum absolute atomic E-state index is 0.103. The molecule has 1 aliphatic heterocycles. The van der Waals surface area contributed by atoms with Gasteiger partial charge in [0.25, 0.3) is 10.2 Å². The fraction of sp³-hybridized carbons (Fsp3) is 0.556. The van der Waals surface area contributed by atoms with Crippen LogP contribution in [-0.4, -0.2) is 56.4 Å². The third-order valence-corrected chi connectivity index (χ3v) is 7.81. The molecule has 0 radical (unpaired) electrons. The highest BCUT2D eigenvalue weighted by Gasteiger charge is 2.42. The molecule has 2 fully saturated rings. The smallest absolute Gasteiger partial charge is 0.279 e. The molecule has 1 saturated heterocycles. The van der Waals surface area contributed by atoms with Crippen molar-refractivity contribution in [3.8, 4) is 6.07 Å². The van der Waals surface area contributed by atoms with Gasteiger partial charge in [-0.3, -0.25) is 4.40 Å². The molecule has 29 heavy (non-hydrogen) atoms. The maximum absolute atomic E-state index is 12.6. The fourth-order valence-corrected chi connectivity index (χ4v) is 6.14. The average Bonchev–Trinajstić information content (AvgIpc) is 3.36. The maximum Gasteiger partial charge on any atom is 0.279 e. The van der Waals surface area contributed by atoms with E-state index < -0.39 is 10.2 Å². The van der Waals surface area contributed by atoms with Gasteiger partial charge in [-0.05, 0) is 24.8 Å². The summed E-state index contributed by atoms with van der Waals surface area (Å²) in [6.07, 6.45) is 5.89. The van der Waals surface area contributed by atoms with Crippen molar-refractivity contribution < 1.29 is 8.42 Å². The SMILES string of the molecule is CCC1CC(NS(=O)(=O)N2CC(C#N)C2)C[C@@H]1c1nnc2cnc3[nH]ccc3n12. The molecule has 1 aliphatic carbocycles. The van der Waals surface area contributed by atoms with Crippen molar-refractivity contribution in [2.45, 2.75) is 38.1 Å². The third-order valence-electron chi connectivity index (χ3n) is 6.20. The van der Waals surface area contributed by atoms with E-state index >= 15 is 0 Å². The number of nitrogens with one attached hydrogen (secondary N) is 2. The van der Waals surface area contributed by atoms with E-state index in [-0.39, 0.29) is 31.0 Å². The van der Waals surface area contributed by atoms with Gasteiger partial charge in [-0.15, -0.1) is 10.2 Å². The van der Waals surface area contributed by atoms with Crippen LogP contribution in [0.3, 0.4) is 0 Å². The standard InChI is InChI=1S/C18H22N8O2S/c1-2-12-5-13(24-29(27,28)25-9-11(7-19)10-25)6-14(12)18-23-22-16-8-21-17-15(26(16)18)3-4-20-17/h3-4,8,11-14,20,24H,2,5-6,9-10H2,1H3/t12?,13?,14-/m0/s1. The molecular weight excluding hydrogens is 392 g/mol. The Balaban J connectivity index is 1.41. The molecule has 0 bridgehead atoms. The first kappa shape index (κ1) is 18.5. The van der Waals surface area contributed by atoms with Crippen LogP contribution < -0.4 is 4.72 Å². The number of aromatic nitrogens is 5. The van der Waals surface area contributed by atoms with E-state index in [0.29, 0.717) is 18.0 Å². The number of fused-ring (bicyclic) bond motifs is 3. The van der Waals surface area contributed by atoms with E-state index in [9.17, 15) is 8.42 Å². The summed E-state index contributed by atoms with van der Waals surface area (Å²) < 4.78 is 31.5. The van der Waals surface area contributed by atoms with Gasteiger partial charge in [-0.2, -0.15) is 22.7 Å². The topological polar surface area (TPSA) is 132 Å². The lowest BCUT2D eigenvalue weighted by molar-refractivity contribution is 0.243. The Bertz CT molecular complexity index is 1200. The number of nitriles is 1. The number of H-pyrrole nitrogens is 1. The van der Waals surface area contributed by atoms with E-state index in [4.69, 9.17) is 5.26 Å². The maximum atomic E-state index is 12.6. The second kappa shape index (κ2) is 6.76. The quantitative estimate of drug-likeness (QED) is 0.644. The van der Waals surface area contributed by atoms with Crippen molar-refractivity contribution in [1.29, 1.82) is 5.26 Å². The second-order valence-corrected chi connectivity index (χ2v) is 9.63. The van der Waals surface area contributed by atoms with Crippen molar-refractivity contribution in [3.63, 3.8) is 0 Å². The van der Waals surface area contributed by atoms with Gasteiger partial charge in [0.05, 0.1) is 23.7 Å². The monoisotopic (exact) mass is 414 g/mol. The summed E-state index contributed by atoms with van der Waals surface area (Å²) in [5.41, 5.74) is 2.38. The molecule has 11 heteroatoms. The van der Waals surface area contributed by atoms with Gasteiger partial charge in [-0.25, -0.2) is 4.98 Å². The second-order valence-electron chi connectivity index (χ2n) is 7.93. The predicted octanol–water partition coefficient (Wildman–Crippen LogP) is 1.17. The zero-order valence-corrected chi connectivity index (χ0v) is 16.8. The summed E-state index contributed by atoms with van der Waals surface area (Å²) in [5, 5.41) is 17.6. The number of nitrogens with zero attached hydrogens (tertiary/aromatic N) is 6. The molecule has 2 aliphatic rings. The molecule has 152 valence electrons. The van der Waals surface area contributed by atoms with Crippen LogP contribution in [0.1, 0.15) is 37.9 Å². The molecule has 3 aromatic heterocycles.